The topological polar surface area (TPSA) is 30.5 Å². The zero-order chi connectivity index (χ0) is 15.5. The van der Waals surface area contributed by atoms with Crippen LogP contribution in [0.4, 0.5) is 0 Å². The van der Waals surface area contributed by atoms with Crippen molar-refractivity contribution in [2.45, 2.75) is 58.6 Å². The molecular weight excluding hydrogens is 262 g/mol. The minimum atomic E-state index is 0.291. The summed E-state index contributed by atoms with van der Waals surface area (Å²) in [6.45, 7) is 8.24. The molecular formula is C18H31NO2. The Bertz CT molecular complexity index is 381. The van der Waals surface area contributed by atoms with Gasteiger partial charge in [-0.1, -0.05) is 32.0 Å². The second-order valence-corrected chi connectivity index (χ2v) is 5.52. The number of para-hydroxylation sites is 1. The van der Waals surface area contributed by atoms with Gasteiger partial charge >= 0.3 is 0 Å². The van der Waals surface area contributed by atoms with Gasteiger partial charge in [0, 0.05) is 18.7 Å². The van der Waals surface area contributed by atoms with Crippen molar-refractivity contribution in [1.29, 1.82) is 0 Å². The van der Waals surface area contributed by atoms with Crippen LogP contribution in [0.2, 0.25) is 0 Å². The fourth-order valence-electron chi connectivity index (χ4n) is 2.32. The van der Waals surface area contributed by atoms with Gasteiger partial charge in [0.15, 0.2) is 0 Å². The highest BCUT2D eigenvalue weighted by molar-refractivity contribution is 5.36. The molecule has 2 atom stereocenters. The van der Waals surface area contributed by atoms with E-state index in [4.69, 9.17) is 9.47 Å². The monoisotopic (exact) mass is 293 g/mol. The SMILES string of the molecule is CCCNC(CCC(C)OC)c1ccccc1OCCC. The zero-order valence-corrected chi connectivity index (χ0v) is 14.0. The molecule has 3 heteroatoms. The van der Waals surface area contributed by atoms with Gasteiger partial charge in [0.2, 0.25) is 0 Å². The molecule has 0 radical (unpaired) electrons. The third-order valence-corrected chi connectivity index (χ3v) is 3.66. The first-order valence-electron chi connectivity index (χ1n) is 8.20. The van der Waals surface area contributed by atoms with Gasteiger partial charge in [-0.05, 0) is 45.2 Å². The molecule has 0 fully saturated rings. The molecule has 0 amide bonds. The maximum Gasteiger partial charge on any atom is 0.124 e. The molecule has 120 valence electrons. The van der Waals surface area contributed by atoms with Gasteiger partial charge in [0.25, 0.3) is 0 Å². The summed E-state index contributed by atoms with van der Waals surface area (Å²) in [5.74, 6) is 1.01. The summed E-state index contributed by atoms with van der Waals surface area (Å²) in [6, 6.07) is 8.72. The van der Waals surface area contributed by atoms with E-state index in [-0.39, 0.29) is 0 Å². The van der Waals surface area contributed by atoms with Crippen LogP contribution in [-0.2, 0) is 4.74 Å². The van der Waals surface area contributed by atoms with Crippen molar-refractivity contribution >= 4 is 0 Å². The molecule has 1 aromatic rings. The number of benzene rings is 1. The first-order chi connectivity index (χ1) is 10.2. The lowest BCUT2D eigenvalue weighted by Crippen LogP contribution is -2.24. The van der Waals surface area contributed by atoms with Crippen LogP contribution < -0.4 is 10.1 Å². The fourth-order valence-corrected chi connectivity index (χ4v) is 2.32. The number of nitrogens with one attached hydrogen (secondary N) is 1. The van der Waals surface area contributed by atoms with Crippen LogP contribution in [0, 0.1) is 0 Å². The first kappa shape index (κ1) is 18.0. The molecule has 0 aliphatic heterocycles. The molecule has 0 heterocycles. The van der Waals surface area contributed by atoms with Gasteiger partial charge in [-0.15, -0.1) is 0 Å². The van der Waals surface area contributed by atoms with E-state index in [9.17, 15) is 0 Å². The summed E-state index contributed by atoms with van der Waals surface area (Å²) < 4.78 is 11.3. The van der Waals surface area contributed by atoms with E-state index < -0.39 is 0 Å². The number of methoxy groups -OCH3 is 1. The lowest BCUT2D eigenvalue weighted by molar-refractivity contribution is 0.106. The van der Waals surface area contributed by atoms with E-state index in [1.807, 2.05) is 6.07 Å². The van der Waals surface area contributed by atoms with Crippen LogP contribution in [-0.4, -0.2) is 26.4 Å². The van der Waals surface area contributed by atoms with E-state index in [1.54, 1.807) is 7.11 Å². The summed E-state index contributed by atoms with van der Waals surface area (Å²) in [5.41, 5.74) is 1.27. The summed E-state index contributed by atoms with van der Waals surface area (Å²) in [6.07, 6.45) is 4.55. The molecule has 0 bridgehead atoms. The summed E-state index contributed by atoms with van der Waals surface area (Å²) in [5, 5.41) is 3.65. The minimum Gasteiger partial charge on any atom is -0.493 e. The Labute approximate surface area is 130 Å². The molecule has 0 aromatic heterocycles. The van der Waals surface area contributed by atoms with Gasteiger partial charge in [-0.3, -0.25) is 0 Å². The minimum absolute atomic E-state index is 0.291. The van der Waals surface area contributed by atoms with Crippen molar-refractivity contribution in [1.82, 2.24) is 5.32 Å². The Morgan fingerprint density at radius 3 is 2.52 bits per heavy atom. The fraction of sp³-hybridized carbons (Fsp3) is 0.667. The zero-order valence-electron chi connectivity index (χ0n) is 14.0. The maximum absolute atomic E-state index is 5.91. The maximum atomic E-state index is 5.91. The second kappa shape index (κ2) is 10.6. The summed E-state index contributed by atoms with van der Waals surface area (Å²) in [4.78, 5) is 0. The van der Waals surface area contributed by atoms with Gasteiger partial charge in [-0.2, -0.15) is 0 Å². The van der Waals surface area contributed by atoms with Crippen molar-refractivity contribution in [3.8, 4) is 5.75 Å². The molecule has 1 N–H and O–H groups in total. The molecule has 21 heavy (non-hydrogen) atoms. The highest BCUT2D eigenvalue weighted by Gasteiger charge is 2.16. The smallest absolute Gasteiger partial charge is 0.124 e. The lowest BCUT2D eigenvalue weighted by atomic mass is 9.99. The Hall–Kier alpha value is -1.06. The molecule has 1 aromatic carbocycles. The number of ether oxygens (including phenoxy) is 2. The van der Waals surface area contributed by atoms with Crippen molar-refractivity contribution < 1.29 is 9.47 Å². The quantitative estimate of drug-likeness (QED) is 0.658. The summed E-state index contributed by atoms with van der Waals surface area (Å²) in [7, 11) is 1.78. The molecule has 0 saturated heterocycles. The lowest BCUT2D eigenvalue weighted by Gasteiger charge is -2.23. The molecule has 2 unspecified atom stereocenters. The molecule has 0 saturated carbocycles. The number of hydrogen-bond acceptors (Lipinski definition) is 3. The Balaban J connectivity index is 2.80. The van der Waals surface area contributed by atoms with Gasteiger partial charge in [-0.25, -0.2) is 0 Å². The Morgan fingerprint density at radius 2 is 1.86 bits per heavy atom. The predicted octanol–water partition coefficient (Wildman–Crippen LogP) is 4.33. The van der Waals surface area contributed by atoms with Crippen molar-refractivity contribution in [3.63, 3.8) is 0 Å². The van der Waals surface area contributed by atoms with Gasteiger partial charge in [0.1, 0.15) is 5.75 Å². The summed E-state index contributed by atoms with van der Waals surface area (Å²) >= 11 is 0. The average Bonchev–Trinajstić information content (AvgIpc) is 2.53. The van der Waals surface area contributed by atoms with E-state index in [0.717, 1.165) is 44.6 Å². The van der Waals surface area contributed by atoms with Gasteiger partial charge in [0.05, 0.1) is 12.7 Å². The normalized spacial score (nSPS) is 13.9. The third kappa shape index (κ3) is 6.49. The largest absolute Gasteiger partial charge is 0.493 e. The van der Waals surface area contributed by atoms with E-state index in [2.05, 4.69) is 44.3 Å². The average molecular weight is 293 g/mol. The van der Waals surface area contributed by atoms with Crippen LogP contribution in [0.1, 0.15) is 58.1 Å². The van der Waals surface area contributed by atoms with E-state index in [0.29, 0.717) is 12.1 Å². The second-order valence-electron chi connectivity index (χ2n) is 5.52. The Morgan fingerprint density at radius 1 is 1.10 bits per heavy atom. The number of hydrogen-bond donors (Lipinski definition) is 1. The third-order valence-electron chi connectivity index (χ3n) is 3.66. The van der Waals surface area contributed by atoms with Crippen LogP contribution in [0.15, 0.2) is 24.3 Å². The van der Waals surface area contributed by atoms with Crippen molar-refractivity contribution in [2.75, 3.05) is 20.3 Å². The molecule has 3 nitrogen and oxygen atoms in total. The van der Waals surface area contributed by atoms with Crippen molar-refractivity contribution in [3.05, 3.63) is 29.8 Å². The first-order valence-corrected chi connectivity index (χ1v) is 8.20. The van der Waals surface area contributed by atoms with Gasteiger partial charge < -0.3 is 14.8 Å². The van der Waals surface area contributed by atoms with Crippen molar-refractivity contribution in [2.24, 2.45) is 0 Å². The highest BCUT2D eigenvalue weighted by Crippen LogP contribution is 2.29. The highest BCUT2D eigenvalue weighted by atomic mass is 16.5. The van der Waals surface area contributed by atoms with Crippen LogP contribution >= 0.6 is 0 Å². The molecule has 0 spiro atoms. The molecule has 0 aliphatic rings. The van der Waals surface area contributed by atoms with E-state index >= 15 is 0 Å². The molecule has 1 rings (SSSR count). The van der Waals surface area contributed by atoms with E-state index in [1.165, 1.54) is 5.56 Å². The van der Waals surface area contributed by atoms with Crippen LogP contribution in [0.3, 0.4) is 0 Å². The molecule has 0 aliphatic carbocycles. The van der Waals surface area contributed by atoms with Crippen LogP contribution in [0.5, 0.6) is 5.75 Å². The standard InChI is InChI=1S/C18H31NO2/c1-5-13-19-17(12-11-15(3)20-4)16-9-7-8-10-18(16)21-14-6-2/h7-10,15,17,19H,5-6,11-14H2,1-4H3. The van der Waals surface area contributed by atoms with Crippen LogP contribution in [0.25, 0.3) is 0 Å². The Kier molecular flexibility index (Phi) is 9.11. The predicted molar refractivity (Wildman–Crippen MR) is 89.0 cm³/mol. The number of rotatable bonds is 11.